The molecule has 0 radical (unpaired) electrons. The van der Waals surface area contributed by atoms with E-state index >= 15 is 0 Å². The van der Waals surface area contributed by atoms with Gasteiger partial charge in [-0.25, -0.2) is 4.79 Å². The molecule has 0 aliphatic carbocycles. The number of hydrogen-bond donors (Lipinski definition) is 2. The molecule has 0 fully saturated rings. The number of thiophene rings is 1. The van der Waals surface area contributed by atoms with E-state index in [0.717, 1.165) is 11.3 Å². The van der Waals surface area contributed by atoms with Crippen molar-refractivity contribution >= 4 is 34.3 Å². The number of ether oxygens (including phenoxy) is 1. The molecule has 0 bridgehead atoms. The van der Waals surface area contributed by atoms with E-state index in [0.29, 0.717) is 26.6 Å². The summed E-state index contributed by atoms with van der Waals surface area (Å²) in [7, 11) is 1.28. The Labute approximate surface area is 142 Å². The average Bonchev–Trinajstić information content (AvgIpc) is 2.97. The molecule has 0 saturated carbocycles. The first-order valence-corrected chi connectivity index (χ1v) is 7.48. The molecule has 0 saturated heterocycles. The minimum absolute atomic E-state index is 0.204. The first kappa shape index (κ1) is 16.9. The summed E-state index contributed by atoms with van der Waals surface area (Å²) in [4.78, 5) is 14.4. The molecule has 2 rings (SSSR count). The molecule has 0 amide bonds. The number of carbonyl (C=O) groups excluding carboxylic acids is 1. The van der Waals surface area contributed by atoms with Crippen LogP contribution >= 0.6 is 11.3 Å². The van der Waals surface area contributed by atoms with Crippen LogP contribution in [0.3, 0.4) is 0 Å². The second-order valence-corrected chi connectivity index (χ2v) is 5.54. The Morgan fingerprint density at radius 2 is 1.92 bits per heavy atom. The first-order valence-electron chi connectivity index (χ1n) is 6.66. The third-order valence-corrected chi connectivity index (χ3v) is 4.20. The summed E-state index contributed by atoms with van der Waals surface area (Å²) in [5.74, 6) is -0.683. The standard InChI is InChI=1S/C17H11N3O3S/c1-3-12-13(8-18)16(24-14(12)9-19)20-15(21)10-4-6-11(7-5-10)17(22)23-2/h3-7H,1H2,2H3,(H,20,21)/p+1. The van der Waals surface area contributed by atoms with Gasteiger partial charge in [0.2, 0.25) is 0 Å². The van der Waals surface area contributed by atoms with Gasteiger partial charge in [0.1, 0.15) is 22.6 Å². The van der Waals surface area contributed by atoms with E-state index in [-0.39, 0.29) is 11.5 Å². The Balaban J connectivity index is 2.44. The zero-order valence-corrected chi connectivity index (χ0v) is 13.5. The van der Waals surface area contributed by atoms with Gasteiger partial charge in [0.25, 0.3) is 5.00 Å². The van der Waals surface area contributed by atoms with Crippen LogP contribution in [0.2, 0.25) is 0 Å². The average molecular weight is 338 g/mol. The minimum atomic E-state index is -0.478. The highest BCUT2D eigenvalue weighted by Gasteiger charge is 2.21. The number of hydrogen-bond acceptors (Lipinski definition) is 5. The molecule has 24 heavy (non-hydrogen) atoms. The highest BCUT2D eigenvalue weighted by molar-refractivity contribution is 7.16. The van der Waals surface area contributed by atoms with E-state index in [1.54, 1.807) is 0 Å². The molecule has 0 atom stereocenters. The molecule has 0 unspecified atom stereocenters. The molecule has 1 heterocycles. The van der Waals surface area contributed by atoms with Gasteiger partial charge in [-0.2, -0.15) is 15.5 Å². The van der Waals surface area contributed by atoms with Crippen LogP contribution in [0.25, 0.3) is 6.08 Å². The number of benzene rings is 1. The topological polar surface area (TPSA) is 108 Å². The number of carbonyl (C=O) groups is 1. The van der Waals surface area contributed by atoms with Crippen molar-refractivity contribution in [2.24, 2.45) is 0 Å². The van der Waals surface area contributed by atoms with Crippen molar-refractivity contribution < 1.29 is 19.6 Å². The van der Waals surface area contributed by atoms with E-state index < -0.39 is 5.97 Å². The third kappa shape index (κ3) is 3.17. The number of nitriles is 2. The summed E-state index contributed by atoms with van der Waals surface area (Å²) in [5, 5.41) is 28.9. The lowest BCUT2D eigenvalue weighted by atomic mass is 10.1. The van der Waals surface area contributed by atoms with Gasteiger partial charge in [-0.15, -0.1) is 0 Å². The largest absolute Gasteiger partial charge is 0.465 e. The number of aliphatic hydroxyl groups excluding tert-OH is 1. The van der Waals surface area contributed by atoms with Crippen molar-refractivity contribution in [2.75, 3.05) is 7.11 Å². The number of aliphatic hydroxyl groups is 1. The molecular formula is C17H12N3O3S+. The van der Waals surface area contributed by atoms with Crippen LogP contribution in [-0.2, 0) is 4.74 Å². The molecular weight excluding hydrogens is 326 g/mol. The molecule has 1 aromatic heterocycles. The maximum absolute atomic E-state index is 11.4. The molecule has 0 aliphatic rings. The summed E-state index contributed by atoms with van der Waals surface area (Å²) < 4.78 is 4.60. The van der Waals surface area contributed by atoms with Crippen molar-refractivity contribution in [3.63, 3.8) is 0 Å². The van der Waals surface area contributed by atoms with Gasteiger partial charge in [0.05, 0.1) is 18.2 Å². The normalized spacial score (nSPS) is 10.5. The summed E-state index contributed by atoms with van der Waals surface area (Å²) in [6.45, 7) is 3.60. The fourth-order valence-electron chi connectivity index (χ4n) is 1.98. The summed E-state index contributed by atoms with van der Waals surface area (Å²) in [6, 6.07) is 10.1. The highest BCUT2D eigenvalue weighted by atomic mass is 32.1. The van der Waals surface area contributed by atoms with Crippen molar-refractivity contribution in [1.82, 2.24) is 0 Å². The second kappa shape index (κ2) is 7.23. The number of rotatable bonds is 4. The number of methoxy groups -OCH3 is 1. The van der Waals surface area contributed by atoms with Gasteiger partial charge in [0.15, 0.2) is 0 Å². The summed E-state index contributed by atoms with van der Waals surface area (Å²) >= 11 is 1.05. The van der Waals surface area contributed by atoms with E-state index in [9.17, 15) is 15.2 Å². The zero-order valence-electron chi connectivity index (χ0n) is 12.7. The van der Waals surface area contributed by atoms with E-state index in [4.69, 9.17) is 5.26 Å². The van der Waals surface area contributed by atoms with E-state index in [1.807, 2.05) is 12.1 Å². The van der Waals surface area contributed by atoms with Crippen molar-refractivity contribution in [3.05, 3.63) is 58.0 Å². The van der Waals surface area contributed by atoms with Gasteiger partial charge in [-0.1, -0.05) is 24.0 Å². The molecule has 2 N–H and O–H groups in total. The van der Waals surface area contributed by atoms with Gasteiger partial charge in [-0.05, 0) is 24.3 Å². The molecule has 7 heteroatoms. The predicted octanol–water partition coefficient (Wildman–Crippen LogP) is 1.64. The van der Waals surface area contributed by atoms with Crippen LogP contribution in [-0.4, -0.2) is 24.1 Å². The van der Waals surface area contributed by atoms with Crippen molar-refractivity contribution in [3.8, 4) is 12.1 Å². The quantitative estimate of drug-likeness (QED) is 0.500. The number of esters is 1. The van der Waals surface area contributed by atoms with Crippen LogP contribution in [0.15, 0.2) is 30.8 Å². The van der Waals surface area contributed by atoms with Gasteiger partial charge < -0.3 is 9.84 Å². The molecule has 6 nitrogen and oxygen atoms in total. The predicted molar refractivity (Wildman–Crippen MR) is 89.0 cm³/mol. The molecule has 2 aromatic rings. The van der Waals surface area contributed by atoms with Crippen molar-refractivity contribution in [2.45, 2.75) is 0 Å². The smallest absolute Gasteiger partial charge is 0.372 e. The monoisotopic (exact) mass is 338 g/mol. The fraction of sp³-hybridized carbons (Fsp3) is 0.0588. The zero-order chi connectivity index (χ0) is 17.7. The third-order valence-electron chi connectivity index (χ3n) is 3.17. The van der Waals surface area contributed by atoms with Crippen molar-refractivity contribution in [1.29, 1.82) is 10.5 Å². The Bertz CT molecular complexity index is 912. The molecule has 1 aromatic carbocycles. The Morgan fingerprint density at radius 3 is 2.42 bits per heavy atom. The van der Waals surface area contributed by atoms with Crippen LogP contribution < -0.4 is 4.99 Å². The van der Waals surface area contributed by atoms with E-state index in [2.05, 4.69) is 16.3 Å². The SMILES string of the molecule is C=Cc1c(C#N)sc([NH+]=C(O)c2ccc(C(=O)OC)cc2)c1C#N. The summed E-state index contributed by atoms with van der Waals surface area (Å²) in [5.41, 5.74) is 1.44. The Hall–Kier alpha value is -3.42. The second-order valence-electron chi connectivity index (χ2n) is 4.52. The fourth-order valence-corrected chi connectivity index (χ4v) is 2.93. The van der Waals surface area contributed by atoms with Gasteiger partial charge in [-0.3, -0.25) is 0 Å². The Kier molecular flexibility index (Phi) is 5.10. The number of nitrogens with one attached hydrogen (secondary N) is 1. The van der Waals surface area contributed by atoms with E-state index in [1.165, 1.54) is 37.5 Å². The lowest BCUT2D eigenvalue weighted by Gasteiger charge is -1.99. The highest BCUT2D eigenvalue weighted by Crippen LogP contribution is 2.29. The van der Waals surface area contributed by atoms with Crippen LogP contribution in [0.1, 0.15) is 31.9 Å². The lowest BCUT2D eigenvalue weighted by molar-refractivity contribution is -0.359. The van der Waals surface area contributed by atoms with Crippen LogP contribution in [0.5, 0.6) is 0 Å². The van der Waals surface area contributed by atoms with Crippen LogP contribution in [0.4, 0.5) is 5.00 Å². The first-order chi connectivity index (χ1) is 11.5. The molecule has 0 spiro atoms. The maximum Gasteiger partial charge on any atom is 0.372 e. The summed E-state index contributed by atoms with van der Waals surface area (Å²) in [6.07, 6.45) is 1.43. The lowest BCUT2D eigenvalue weighted by Crippen LogP contribution is -2.66. The van der Waals surface area contributed by atoms with Crippen LogP contribution in [0, 0.1) is 22.7 Å². The van der Waals surface area contributed by atoms with Gasteiger partial charge >= 0.3 is 11.9 Å². The maximum atomic E-state index is 11.4. The Morgan fingerprint density at radius 1 is 1.29 bits per heavy atom. The molecule has 0 aliphatic heterocycles. The molecule has 118 valence electrons. The number of nitrogens with zero attached hydrogens (tertiary/aromatic N) is 2. The van der Waals surface area contributed by atoms with Gasteiger partial charge in [0, 0.05) is 5.56 Å². The minimum Gasteiger partial charge on any atom is -0.465 e.